The lowest BCUT2D eigenvalue weighted by Crippen LogP contribution is -2.13. The van der Waals surface area contributed by atoms with E-state index < -0.39 is 6.10 Å². The van der Waals surface area contributed by atoms with Gasteiger partial charge < -0.3 is 9.84 Å². The SMILES string of the molecule is COCCn1ncc(Br)c1C(O)c1ccc(Cl)nc1. The van der Waals surface area contributed by atoms with Crippen LogP contribution in [-0.4, -0.2) is 33.6 Å². The van der Waals surface area contributed by atoms with Crippen molar-refractivity contribution in [3.8, 4) is 0 Å². The smallest absolute Gasteiger partial charge is 0.129 e. The molecular formula is C12H13BrClN3O2. The van der Waals surface area contributed by atoms with Gasteiger partial charge in [-0.3, -0.25) is 4.68 Å². The highest BCUT2D eigenvalue weighted by Crippen LogP contribution is 2.28. The Morgan fingerprint density at radius 2 is 2.26 bits per heavy atom. The van der Waals surface area contributed by atoms with E-state index in [1.807, 2.05) is 0 Å². The van der Waals surface area contributed by atoms with E-state index in [2.05, 4.69) is 26.0 Å². The van der Waals surface area contributed by atoms with Crippen molar-refractivity contribution < 1.29 is 9.84 Å². The molecule has 0 aliphatic rings. The number of nitrogens with zero attached hydrogens (tertiary/aromatic N) is 3. The van der Waals surface area contributed by atoms with Crippen LogP contribution in [0.15, 0.2) is 29.0 Å². The summed E-state index contributed by atoms with van der Waals surface area (Å²) in [6.45, 7) is 1.09. The lowest BCUT2D eigenvalue weighted by molar-refractivity contribution is 0.171. The molecule has 7 heteroatoms. The first-order valence-electron chi connectivity index (χ1n) is 5.63. The summed E-state index contributed by atoms with van der Waals surface area (Å²) in [6.07, 6.45) is 2.38. The Balaban J connectivity index is 2.29. The highest BCUT2D eigenvalue weighted by atomic mass is 79.9. The van der Waals surface area contributed by atoms with E-state index in [-0.39, 0.29) is 0 Å². The fraction of sp³-hybridized carbons (Fsp3) is 0.333. The predicted molar refractivity (Wildman–Crippen MR) is 75.1 cm³/mol. The minimum atomic E-state index is -0.821. The summed E-state index contributed by atoms with van der Waals surface area (Å²) >= 11 is 9.13. The molecule has 0 amide bonds. The minimum absolute atomic E-state index is 0.392. The average Bonchev–Trinajstić information content (AvgIpc) is 2.77. The van der Waals surface area contributed by atoms with Gasteiger partial charge in [-0.25, -0.2) is 4.98 Å². The van der Waals surface area contributed by atoms with Gasteiger partial charge in [0.25, 0.3) is 0 Å². The third-order valence-electron chi connectivity index (χ3n) is 2.67. The van der Waals surface area contributed by atoms with E-state index in [0.29, 0.717) is 29.6 Å². The van der Waals surface area contributed by atoms with Crippen LogP contribution in [0.4, 0.5) is 0 Å². The number of halogens is 2. The molecule has 0 saturated heterocycles. The number of rotatable bonds is 5. The molecule has 0 saturated carbocycles. The molecule has 1 unspecified atom stereocenters. The number of pyridine rings is 1. The Kier molecular flexibility index (Phi) is 4.93. The van der Waals surface area contributed by atoms with Crippen LogP contribution in [0, 0.1) is 0 Å². The molecular weight excluding hydrogens is 334 g/mol. The van der Waals surface area contributed by atoms with E-state index in [0.717, 1.165) is 4.47 Å². The Morgan fingerprint density at radius 1 is 1.47 bits per heavy atom. The number of methoxy groups -OCH3 is 1. The molecule has 1 N–H and O–H groups in total. The Bertz CT molecular complexity index is 544. The van der Waals surface area contributed by atoms with Crippen molar-refractivity contribution in [1.29, 1.82) is 0 Å². The summed E-state index contributed by atoms with van der Waals surface area (Å²) in [7, 11) is 1.62. The normalized spacial score (nSPS) is 12.6. The van der Waals surface area contributed by atoms with Crippen molar-refractivity contribution in [2.75, 3.05) is 13.7 Å². The quantitative estimate of drug-likeness (QED) is 0.845. The second-order valence-corrected chi connectivity index (χ2v) is 5.15. The first-order valence-corrected chi connectivity index (χ1v) is 6.80. The van der Waals surface area contributed by atoms with Crippen LogP contribution in [0.25, 0.3) is 0 Å². The van der Waals surface area contributed by atoms with E-state index >= 15 is 0 Å². The van der Waals surface area contributed by atoms with Crippen molar-refractivity contribution in [3.05, 3.63) is 45.4 Å². The Labute approximate surface area is 124 Å². The van der Waals surface area contributed by atoms with Gasteiger partial charge in [-0.15, -0.1) is 0 Å². The zero-order chi connectivity index (χ0) is 13.8. The average molecular weight is 347 g/mol. The van der Waals surface area contributed by atoms with Gasteiger partial charge in [-0.2, -0.15) is 5.10 Å². The van der Waals surface area contributed by atoms with Crippen molar-refractivity contribution in [2.45, 2.75) is 12.6 Å². The second-order valence-electron chi connectivity index (χ2n) is 3.91. The van der Waals surface area contributed by atoms with Crippen molar-refractivity contribution in [1.82, 2.24) is 14.8 Å². The number of aliphatic hydroxyl groups excluding tert-OH is 1. The highest BCUT2D eigenvalue weighted by Gasteiger charge is 2.19. The van der Waals surface area contributed by atoms with Crippen LogP contribution in [0.2, 0.25) is 5.15 Å². The summed E-state index contributed by atoms with van der Waals surface area (Å²) in [4.78, 5) is 3.97. The van der Waals surface area contributed by atoms with Crippen LogP contribution in [0.5, 0.6) is 0 Å². The van der Waals surface area contributed by atoms with Crippen LogP contribution >= 0.6 is 27.5 Å². The molecule has 2 aromatic heterocycles. The first kappa shape index (κ1) is 14.5. The third kappa shape index (κ3) is 3.33. The van der Waals surface area contributed by atoms with Gasteiger partial charge in [-0.05, 0) is 22.0 Å². The lowest BCUT2D eigenvalue weighted by Gasteiger charge is -2.14. The summed E-state index contributed by atoms with van der Waals surface area (Å²) < 4.78 is 7.47. The molecule has 2 heterocycles. The highest BCUT2D eigenvalue weighted by molar-refractivity contribution is 9.10. The van der Waals surface area contributed by atoms with E-state index in [4.69, 9.17) is 16.3 Å². The number of hydrogen-bond donors (Lipinski definition) is 1. The van der Waals surface area contributed by atoms with Gasteiger partial charge in [0.05, 0.1) is 29.5 Å². The van der Waals surface area contributed by atoms with Gasteiger partial charge in [0.2, 0.25) is 0 Å². The van der Waals surface area contributed by atoms with Crippen LogP contribution in [0.3, 0.4) is 0 Å². The maximum atomic E-state index is 10.4. The number of ether oxygens (including phenoxy) is 1. The Hall–Kier alpha value is -0.950. The first-order chi connectivity index (χ1) is 9.13. The molecule has 0 aliphatic carbocycles. The fourth-order valence-electron chi connectivity index (χ4n) is 1.71. The maximum Gasteiger partial charge on any atom is 0.129 e. The number of hydrogen-bond acceptors (Lipinski definition) is 4. The third-order valence-corrected chi connectivity index (χ3v) is 3.50. The predicted octanol–water partition coefficient (Wildman–Crippen LogP) is 2.42. The number of aromatic nitrogens is 3. The van der Waals surface area contributed by atoms with Crippen LogP contribution in [0.1, 0.15) is 17.4 Å². The molecule has 0 bridgehead atoms. The van der Waals surface area contributed by atoms with Crippen molar-refractivity contribution in [2.24, 2.45) is 0 Å². The Morgan fingerprint density at radius 3 is 2.89 bits per heavy atom. The summed E-state index contributed by atoms with van der Waals surface area (Å²) in [5, 5.41) is 15.0. The molecule has 19 heavy (non-hydrogen) atoms. The van der Waals surface area contributed by atoms with E-state index in [9.17, 15) is 5.11 Å². The molecule has 1 atom stereocenters. The molecule has 0 aliphatic heterocycles. The van der Waals surface area contributed by atoms with Gasteiger partial charge in [0, 0.05) is 18.9 Å². The second kappa shape index (κ2) is 6.47. The summed E-state index contributed by atoms with van der Waals surface area (Å²) in [6, 6.07) is 3.38. The van der Waals surface area contributed by atoms with Crippen molar-refractivity contribution in [3.63, 3.8) is 0 Å². The zero-order valence-electron chi connectivity index (χ0n) is 10.3. The van der Waals surface area contributed by atoms with Gasteiger partial charge in [-0.1, -0.05) is 17.7 Å². The topological polar surface area (TPSA) is 60.2 Å². The molecule has 2 aromatic rings. The standard InChI is InChI=1S/C12H13BrClN3O2/c1-19-5-4-17-11(9(13)7-16-17)12(18)8-2-3-10(14)15-6-8/h2-3,6-7,12,18H,4-5H2,1H3. The molecule has 0 radical (unpaired) electrons. The van der Waals surface area contributed by atoms with Gasteiger partial charge in [0.15, 0.2) is 0 Å². The molecule has 5 nitrogen and oxygen atoms in total. The monoisotopic (exact) mass is 345 g/mol. The molecule has 102 valence electrons. The largest absolute Gasteiger partial charge is 0.383 e. The van der Waals surface area contributed by atoms with E-state index in [1.54, 1.807) is 36.3 Å². The van der Waals surface area contributed by atoms with Gasteiger partial charge in [0.1, 0.15) is 11.3 Å². The zero-order valence-corrected chi connectivity index (χ0v) is 12.6. The number of aliphatic hydroxyl groups is 1. The molecule has 0 aromatic carbocycles. The van der Waals surface area contributed by atoms with Crippen LogP contribution < -0.4 is 0 Å². The van der Waals surface area contributed by atoms with E-state index in [1.165, 1.54) is 0 Å². The minimum Gasteiger partial charge on any atom is -0.383 e. The molecule has 2 rings (SSSR count). The van der Waals surface area contributed by atoms with Gasteiger partial charge >= 0.3 is 0 Å². The van der Waals surface area contributed by atoms with Crippen LogP contribution in [-0.2, 0) is 11.3 Å². The summed E-state index contributed by atoms with van der Waals surface area (Å²) in [5.74, 6) is 0. The fourth-order valence-corrected chi connectivity index (χ4v) is 2.33. The molecule has 0 fully saturated rings. The maximum absolute atomic E-state index is 10.4. The van der Waals surface area contributed by atoms with Crippen molar-refractivity contribution >= 4 is 27.5 Å². The molecule has 0 spiro atoms. The lowest BCUT2D eigenvalue weighted by atomic mass is 10.1. The summed E-state index contributed by atoms with van der Waals surface area (Å²) in [5.41, 5.74) is 1.32.